The molecule has 0 aliphatic heterocycles. The van der Waals surface area contributed by atoms with Crippen molar-refractivity contribution in [2.45, 2.75) is 25.2 Å². The van der Waals surface area contributed by atoms with E-state index in [-0.39, 0.29) is 11.6 Å². The monoisotopic (exact) mass is 288 g/mol. The molecule has 2 aromatic rings. The van der Waals surface area contributed by atoms with Gasteiger partial charge < -0.3 is 0 Å². The maximum Gasteiger partial charge on any atom is 0.147 e. The fourth-order valence-electron chi connectivity index (χ4n) is 1.96. The van der Waals surface area contributed by atoms with E-state index in [2.05, 4.69) is 6.07 Å². The highest BCUT2D eigenvalue weighted by molar-refractivity contribution is 8.00. The van der Waals surface area contributed by atoms with Gasteiger partial charge in [-0.3, -0.25) is 4.79 Å². The summed E-state index contributed by atoms with van der Waals surface area (Å²) in [7, 11) is 0. The summed E-state index contributed by atoms with van der Waals surface area (Å²) in [5, 5.41) is 0. The molecular formula is C17H17FOS. The second-order valence-corrected chi connectivity index (χ2v) is 5.94. The van der Waals surface area contributed by atoms with Crippen molar-refractivity contribution < 1.29 is 9.18 Å². The third-order valence-electron chi connectivity index (χ3n) is 3.09. The SMILES string of the molecule is Cc1cccc(SCC(=O)Cc2cc(F)ccc2C)c1. The number of carbonyl (C=O) groups is 1. The van der Waals surface area contributed by atoms with Crippen LogP contribution in [-0.2, 0) is 11.2 Å². The first-order chi connectivity index (χ1) is 9.54. The van der Waals surface area contributed by atoms with Crippen molar-refractivity contribution in [3.8, 4) is 0 Å². The Kier molecular flexibility index (Phi) is 4.96. The van der Waals surface area contributed by atoms with E-state index >= 15 is 0 Å². The second kappa shape index (κ2) is 6.71. The second-order valence-electron chi connectivity index (χ2n) is 4.89. The molecule has 2 rings (SSSR count). The van der Waals surface area contributed by atoms with Crippen LogP contribution < -0.4 is 0 Å². The Morgan fingerprint density at radius 2 is 1.95 bits per heavy atom. The number of benzene rings is 2. The standard InChI is InChI=1S/C17H17FOS/c1-12-4-3-5-17(8-12)20-11-16(19)10-14-9-15(18)7-6-13(14)2/h3-9H,10-11H2,1-2H3. The van der Waals surface area contributed by atoms with Crippen molar-refractivity contribution in [3.63, 3.8) is 0 Å². The van der Waals surface area contributed by atoms with Gasteiger partial charge in [0.05, 0.1) is 5.75 Å². The molecule has 1 nitrogen and oxygen atoms in total. The van der Waals surface area contributed by atoms with E-state index in [1.165, 1.54) is 29.5 Å². The van der Waals surface area contributed by atoms with Gasteiger partial charge in [0.15, 0.2) is 0 Å². The minimum absolute atomic E-state index is 0.116. The van der Waals surface area contributed by atoms with Crippen LogP contribution in [-0.4, -0.2) is 11.5 Å². The zero-order valence-electron chi connectivity index (χ0n) is 11.7. The lowest BCUT2D eigenvalue weighted by atomic mass is 10.0. The van der Waals surface area contributed by atoms with Gasteiger partial charge in [0.2, 0.25) is 0 Å². The maximum absolute atomic E-state index is 13.2. The zero-order chi connectivity index (χ0) is 14.5. The van der Waals surface area contributed by atoms with Crippen LogP contribution in [0.4, 0.5) is 4.39 Å². The van der Waals surface area contributed by atoms with Crippen LogP contribution in [0, 0.1) is 19.7 Å². The lowest BCUT2D eigenvalue weighted by molar-refractivity contribution is -0.116. The first-order valence-corrected chi connectivity index (χ1v) is 7.49. The molecule has 0 radical (unpaired) electrons. The number of Topliss-reactive ketones (excluding diaryl/α,β-unsaturated/α-hetero) is 1. The van der Waals surface area contributed by atoms with E-state index in [9.17, 15) is 9.18 Å². The van der Waals surface area contributed by atoms with Gasteiger partial charge in [-0.15, -0.1) is 11.8 Å². The van der Waals surface area contributed by atoms with E-state index < -0.39 is 0 Å². The van der Waals surface area contributed by atoms with E-state index in [0.29, 0.717) is 12.2 Å². The average molecular weight is 288 g/mol. The van der Waals surface area contributed by atoms with Crippen molar-refractivity contribution in [1.82, 2.24) is 0 Å². The third kappa shape index (κ3) is 4.20. The van der Waals surface area contributed by atoms with E-state index in [1.807, 2.05) is 32.0 Å². The highest BCUT2D eigenvalue weighted by atomic mass is 32.2. The normalized spacial score (nSPS) is 10.6. The molecule has 0 N–H and O–H groups in total. The number of hydrogen-bond acceptors (Lipinski definition) is 2. The predicted octanol–water partition coefficient (Wildman–Crippen LogP) is 4.35. The average Bonchev–Trinajstić information content (AvgIpc) is 2.41. The number of halogens is 1. The Labute approximate surface area is 123 Å². The third-order valence-corrected chi connectivity index (χ3v) is 4.14. The topological polar surface area (TPSA) is 17.1 Å². The molecule has 0 aliphatic carbocycles. The summed E-state index contributed by atoms with van der Waals surface area (Å²) in [6, 6.07) is 12.7. The number of hydrogen-bond donors (Lipinski definition) is 0. The molecule has 0 aromatic heterocycles. The predicted molar refractivity (Wildman–Crippen MR) is 81.8 cm³/mol. The Morgan fingerprint density at radius 1 is 1.15 bits per heavy atom. The summed E-state index contributed by atoms with van der Waals surface area (Å²) in [6.45, 7) is 3.93. The molecule has 3 heteroatoms. The molecule has 0 saturated carbocycles. The maximum atomic E-state index is 13.2. The number of rotatable bonds is 5. The molecule has 0 fully saturated rings. The van der Waals surface area contributed by atoms with Crippen LogP contribution in [0.1, 0.15) is 16.7 Å². The van der Waals surface area contributed by atoms with Gasteiger partial charge in [0.25, 0.3) is 0 Å². The highest BCUT2D eigenvalue weighted by Gasteiger charge is 2.08. The number of aryl methyl sites for hydroxylation is 2. The van der Waals surface area contributed by atoms with E-state index in [4.69, 9.17) is 0 Å². The van der Waals surface area contributed by atoms with Crippen LogP contribution in [0.15, 0.2) is 47.4 Å². The Morgan fingerprint density at radius 3 is 2.70 bits per heavy atom. The van der Waals surface area contributed by atoms with Gasteiger partial charge in [-0.05, 0) is 49.2 Å². The van der Waals surface area contributed by atoms with Gasteiger partial charge in [0, 0.05) is 11.3 Å². The quantitative estimate of drug-likeness (QED) is 0.761. The molecule has 0 amide bonds. The van der Waals surface area contributed by atoms with Gasteiger partial charge >= 0.3 is 0 Å². The van der Waals surface area contributed by atoms with E-state index in [1.54, 1.807) is 6.07 Å². The molecule has 20 heavy (non-hydrogen) atoms. The first kappa shape index (κ1) is 14.8. The van der Waals surface area contributed by atoms with E-state index in [0.717, 1.165) is 16.0 Å². The first-order valence-electron chi connectivity index (χ1n) is 6.51. The lowest BCUT2D eigenvalue weighted by Gasteiger charge is -2.06. The highest BCUT2D eigenvalue weighted by Crippen LogP contribution is 2.20. The number of ketones is 1. The van der Waals surface area contributed by atoms with Crippen molar-refractivity contribution in [2.24, 2.45) is 0 Å². The van der Waals surface area contributed by atoms with Crippen LogP contribution in [0.3, 0.4) is 0 Å². The molecule has 0 heterocycles. The Hall–Kier alpha value is -1.61. The summed E-state index contributed by atoms with van der Waals surface area (Å²) < 4.78 is 13.2. The van der Waals surface area contributed by atoms with Gasteiger partial charge in [-0.25, -0.2) is 4.39 Å². The van der Waals surface area contributed by atoms with Crippen molar-refractivity contribution in [2.75, 3.05) is 5.75 Å². The van der Waals surface area contributed by atoms with Crippen molar-refractivity contribution in [1.29, 1.82) is 0 Å². The largest absolute Gasteiger partial charge is 0.298 e. The summed E-state index contributed by atoms with van der Waals surface area (Å²) in [6.07, 6.45) is 0.294. The summed E-state index contributed by atoms with van der Waals surface area (Å²) in [5.41, 5.74) is 2.92. The molecule has 0 bridgehead atoms. The molecule has 0 saturated heterocycles. The van der Waals surface area contributed by atoms with Crippen LogP contribution in [0.2, 0.25) is 0 Å². The molecule has 0 unspecified atom stereocenters. The summed E-state index contributed by atoms with van der Waals surface area (Å²) in [5.74, 6) is 0.245. The van der Waals surface area contributed by atoms with Crippen LogP contribution >= 0.6 is 11.8 Å². The fourth-order valence-corrected chi connectivity index (χ4v) is 2.84. The molecular weight excluding hydrogens is 271 g/mol. The van der Waals surface area contributed by atoms with Crippen LogP contribution in [0.5, 0.6) is 0 Å². The van der Waals surface area contributed by atoms with Gasteiger partial charge in [-0.1, -0.05) is 23.8 Å². The van der Waals surface area contributed by atoms with Crippen molar-refractivity contribution >= 4 is 17.5 Å². The summed E-state index contributed by atoms with van der Waals surface area (Å²) >= 11 is 1.53. The fraction of sp³-hybridized carbons (Fsp3) is 0.235. The Balaban J connectivity index is 1.94. The number of carbonyl (C=O) groups excluding carboxylic acids is 1. The molecule has 104 valence electrons. The van der Waals surface area contributed by atoms with Gasteiger partial charge in [-0.2, -0.15) is 0 Å². The molecule has 0 spiro atoms. The molecule has 2 aromatic carbocycles. The zero-order valence-corrected chi connectivity index (χ0v) is 12.5. The molecule has 0 atom stereocenters. The number of thioether (sulfide) groups is 1. The Bertz CT molecular complexity index is 622. The smallest absolute Gasteiger partial charge is 0.147 e. The van der Waals surface area contributed by atoms with Crippen molar-refractivity contribution in [3.05, 3.63) is 65.0 Å². The van der Waals surface area contributed by atoms with Crippen LogP contribution in [0.25, 0.3) is 0 Å². The summed E-state index contributed by atoms with van der Waals surface area (Å²) in [4.78, 5) is 13.1. The minimum atomic E-state index is -0.287. The van der Waals surface area contributed by atoms with Gasteiger partial charge in [0.1, 0.15) is 11.6 Å². The lowest BCUT2D eigenvalue weighted by Crippen LogP contribution is -2.07. The minimum Gasteiger partial charge on any atom is -0.298 e. The molecule has 0 aliphatic rings.